The molecule has 0 saturated heterocycles. The molecule has 0 aliphatic carbocycles. The molecule has 0 aliphatic heterocycles. The first-order chi connectivity index (χ1) is 12.8. The van der Waals surface area contributed by atoms with E-state index in [-0.39, 0.29) is 23.1 Å². The number of halogens is 1. The van der Waals surface area contributed by atoms with Crippen molar-refractivity contribution in [1.82, 2.24) is 9.62 Å². The van der Waals surface area contributed by atoms with E-state index in [1.165, 1.54) is 49.4 Å². The van der Waals surface area contributed by atoms with Gasteiger partial charge in [0.1, 0.15) is 0 Å². The zero-order chi connectivity index (χ0) is 20.0. The van der Waals surface area contributed by atoms with Gasteiger partial charge >= 0.3 is 0 Å². The van der Waals surface area contributed by atoms with Gasteiger partial charge in [0.25, 0.3) is 0 Å². The standard InChI is InChI=1S/C19H21FN2O4S/c1-21-27(24,25)16-8-4-14(5-9-16)7-11-19(23)22(2)13-15-6-10-18(26-3)17(20)12-15/h4-12,21H,13H2,1-3H3/b11-7+. The lowest BCUT2D eigenvalue weighted by molar-refractivity contribution is -0.125. The Morgan fingerprint density at radius 1 is 1.22 bits per heavy atom. The van der Waals surface area contributed by atoms with Gasteiger partial charge in [-0.2, -0.15) is 0 Å². The van der Waals surface area contributed by atoms with Crippen molar-refractivity contribution in [2.75, 3.05) is 21.2 Å². The van der Waals surface area contributed by atoms with Crippen LogP contribution in [0.25, 0.3) is 6.08 Å². The lowest BCUT2D eigenvalue weighted by Gasteiger charge is -2.15. The summed E-state index contributed by atoms with van der Waals surface area (Å²) in [4.78, 5) is 13.8. The van der Waals surface area contributed by atoms with Crippen molar-refractivity contribution in [3.8, 4) is 5.75 Å². The molecule has 0 aliphatic rings. The molecule has 0 spiro atoms. The molecule has 0 atom stereocenters. The number of benzene rings is 2. The molecule has 1 amide bonds. The third-order valence-corrected chi connectivity index (χ3v) is 5.32. The summed E-state index contributed by atoms with van der Waals surface area (Å²) in [6.07, 6.45) is 2.96. The highest BCUT2D eigenvalue weighted by atomic mass is 32.2. The number of likely N-dealkylation sites (N-methyl/N-ethyl adjacent to an activating group) is 1. The van der Waals surface area contributed by atoms with Gasteiger partial charge in [0.05, 0.1) is 12.0 Å². The van der Waals surface area contributed by atoms with Crippen LogP contribution in [0.2, 0.25) is 0 Å². The monoisotopic (exact) mass is 392 g/mol. The fourth-order valence-electron chi connectivity index (χ4n) is 2.33. The molecule has 2 aromatic carbocycles. The maximum atomic E-state index is 13.7. The minimum Gasteiger partial charge on any atom is -0.494 e. The van der Waals surface area contributed by atoms with Gasteiger partial charge in [-0.25, -0.2) is 17.5 Å². The maximum absolute atomic E-state index is 13.7. The lowest BCUT2D eigenvalue weighted by atomic mass is 10.2. The Hall–Kier alpha value is -2.71. The normalized spacial score (nSPS) is 11.6. The van der Waals surface area contributed by atoms with Crippen LogP contribution in [0.1, 0.15) is 11.1 Å². The molecule has 0 bridgehead atoms. The largest absolute Gasteiger partial charge is 0.494 e. The fourth-order valence-corrected chi connectivity index (χ4v) is 3.06. The molecule has 0 unspecified atom stereocenters. The summed E-state index contributed by atoms with van der Waals surface area (Å²) in [7, 11) is 0.845. The van der Waals surface area contributed by atoms with Crippen molar-refractivity contribution in [2.45, 2.75) is 11.4 Å². The molecular formula is C19H21FN2O4S. The maximum Gasteiger partial charge on any atom is 0.246 e. The van der Waals surface area contributed by atoms with E-state index in [2.05, 4.69) is 4.72 Å². The highest BCUT2D eigenvalue weighted by molar-refractivity contribution is 7.89. The van der Waals surface area contributed by atoms with E-state index >= 15 is 0 Å². The van der Waals surface area contributed by atoms with E-state index in [0.717, 1.165) is 0 Å². The van der Waals surface area contributed by atoms with E-state index < -0.39 is 15.8 Å². The number of ether oxygens (including phenoxy) is 1. The summed E-state index contributed by atoms with van der Waals surface area (Å²) >= 11 is 0. The van der Waals surface area contributed by atoms with Crippen LogP contribution < -0.4 is 9.46 Å². The van der Waals surface area contributed by atoms with Crippen molar-refractivity contribution >= 4 is 22.0 Å². The molecule has 27 heavy (non-hydrogen) atoms. The summed E-state index contributed by atoms with van der Waals surface area (Å²) in [6.45, 7) is 0.240. The molecule has 2 rings (SSSR count). The molecule has 0 heterocycles. The number of carbonyl (C=O) groups is 1. The minimum atomic E-state index is -3.49. The second kappa shape index (κ2) is 8.79. The second-order valence-corrected chi connectivity index (χ2v) is 7.66. The average molecular weight is 392 g/mol. The van der Waals surface area contributed by atoms with Crippen LogP contribution in [-0.2, 0) is 21.4 Å². The molecule has 2 aromatic rings. The van der Waals surface area contributed by atoms with E-state index in [1.54, 1.807) is 31.3 Å². The third-order valence-electron chi connectivity index (χ3n) is 3.89. The van der Waals surface area contributed by atoms with Crippen LogP contribution in [0.3, 0.4) is 0 Å². The highest BCUT2D eigenvalue weighted by Crippen LogP contribution is 2.18. The number of nitrogens with one attached hydrogen (secondary N) is 1. The fraction of sp³-hybridized carbons (Fsp3) is 0.211. The second-order valence-electron chi connectivity index (χ2n) is 5.77. The highest BCUT2D eigenvalue weighted by Gasteiger charge is 2.11. The summed E-state index contributed by atoms with van der Waals surface area (Å²) in [5, 5.41) is 0. The van der Waals surface area contributed by atoms with Gasteiger partial charge in [-0.15, -0.1) is 0 Å². The van der Waals surface area contributed by atoms with Gasteiger partial charge < -0.3 is 9.64 Å². The van der Waals surface area contributed by atoms with Crippen LogP contribution in [-0.4, -0.2) is 40.4 Å². The lowest BCUT2D eigenvalue weighted by Crippen LogP contribution is -2.24. The number of nitrogens with zero attached hydrogens (tertiary/aromatic N) is 1. The molecular weight excluding hydrogens is 371 g/mol. The Kier molecular flexibility index (Phi) is 6.70. The Morgan fingerprint density at radius 2 is 1.89 bits per heavy atom. The number of hydrogen-bond acceptors (Lipinski definition) is 4. The average Bonchev–Trinajstić information content (AvgIpc) is 2.66. The van der Waals surface area contributed by atoms with Gasteiger partial charge in [-0.1, -0.05) is 18.2 Å². The van der Waals surface area contributed by atoms with Crippen molar-refractivity contribution in [2.24, 2.45) is 0 Å². The molecule has 0 fully saturated rings. The SMILES string of the molecule is CNS(=O)(=O)c1ccc(/C=C/C(=O)N(C)Cc2ccc(OC)c(F)c2)cc1. The van der Waals surface area contributed by atoms with E-state index in [9.17, 15) is 17.6 Å². The van der Waals surface area contributed by atoms with Crippen LogP contribution in [0.4, 0.5) is 4.39 Å². The van der Waals surface area contributed by atoms with Gasteiger partial charge in [0.15, 0.2) is 11.6 Å². The molecule has 0 saturated carbocycles. The van der Waals surface area contributed by atoms with Crippen LogP contribution in [0.5, 0.6) is 5.75 Å². The number of methoxy groups -OCH3 is 1. The topological polar surface area (TPSA) is 75.7 Å². The first-order valence-electron chi connectivity index (χ1n) is 8.06. The van der Waals surface area contributed by atoms with Gasteiger partial charge in [0.2, 0.25) is 15.9 Å². The van der Waals surface area contributed by atoms with Crippen LogP contribution in [0, 0.1) is 5.82 Å². The summed E-state index contributed by atoms with van der Waals surface area (Å²) in [5.41, 5.74) is 1.32. The quantitative estimate of drug-likeness (QED) is 0.735. The summed E-state index contributed by atoms with van der Waals surface area (Å²) in [5.74, 6) is -0.600. The van der Waals surface area contributed by atoms with Gasteiger partial charge in [-0.05, 0) is 48.5 Å². The number of sulfonamides is 1. The molecule has 0 aromatic heterocycles. The first-order valence-corrected chi connectivity index (χ1v) is 9.54. The number of amides is 1. The van der Waals surface area contributed by atoms with Crippen molar-refractivity contribution in [3.05, 3.63) is 65.5 Å². The summed E-state index contributed by atoms with van der Waals surface area (Å²) < 4.78 is 44.2. The molecule has 144 valence electrons. The van der Waals surface area contributed by atoms with Gasteiger partial charge in [0, 0.05) is 19.7 Å². The zero-order valence-electron chi connectivity index (χ0n) is 15.3. The smallest absolute Gasteiger partial charge is 0.246 e. The number of hydrogen-bond donors (Lipinski definition) is 1. The Labute approximate surface area is 158 Å². The predicted molar refractivity (Wildman–Crippen MR) is 101 cm³/mol. The van der Waals surface area contributed by atoms with Crippen LogP contribution >= 0.6 is 0 Å². The zero-order valence-corrected chi connectivity index (χ0v) is 16.1. The molecule has 8 heteroatoms. The van der Waals surface area contributed by atoms with Crippen molar-refractivity contribution < 1.29 is 22.3 Å². The molecule has 0 radical (unpaired) electrons. The Bertz CT molecular complexity index is 941. The molecule has 6 nitrogen and oxygen atoms in total. The Balaban J connectivity index is 2.02. The third kappa shape index (κ3) is 5.38. The van der Waals surface area contributed by atoms with E-state index in [0.29, 0.717) is 11.1 Å². The van der Waals surface area contributed by atoms with Crippen LogP contribution in [0.15, 0.2) is 53.4 Å². The number of rotatable bonds is 7. The summed E-state index contributed by atoms with van der Waals surface area (Å²) in [6, 6.07) is 10.7. The van der Waals surface area contributed by atoms with Gasteiger partial charge in [-0.3, -0.25) is 4.79 Å². The van der Waals surface area contributed by atoms with E-state index in [4.69, 9.17) is 4.74 Å². The number of carbonyl (C=O) groups excluding carboxylic acids is 1. The predicted octanol–water partition coefficient (Wildman–Crippen LogP) is 2.41. The van der Waals surface area contributed by atoms with E-state index in [1.807, 2.05) is 0 Å². The minimum absolute atomic E-state index is 0.145. The first kappa shape index (κ1) is 20.6. The van der Waals surface area contributed by atoms with Crippen molar-refractivity contribution in [1.29, 1.82) is 0 Å². The Morgan fingerprint density at radius 3 is 2.44 bits per heavy atom. The van der Waals surface area contributed by atoms with Crippen molar-refractivity contribution in [3.63, 3.8) is 0 Å². The molecule has 1 N–H and O–H groups in total.